The second-order valence-corrected chi connectivity index (χ2v) is 7.54. The number of rotatable bonds is 4. The standard InChI is InChI=1S/C18H19F3N4O2/c1-3-10-15(18(19,20)21)22-17(25-5-4-9(25)2)23-16(10)24-7-12-11(6-14(26)27)13(12)8-24/h1,9,11-13H,4-8H2,2H3,(H,26,27)/t9-,11?,12-,13+/m0/s1. The number of hydrogen-bond acceptors (Lipinski definition) is 5. The van der Waals surface area contributed by atoms with Crippen LogP contribution < -0.4 is 9.80 Å². The lowest BCUT2D eigenvalue weighted by atomic mass is 10.1. The van der Waals surface area contributed by atoms with E-state index in [2.05, 4.69) is 15.9 Å². The minimum Gasteiger partial charge on any atom is -0.481 e. The molecular formula is C18H19F3N4O2. The Morgan fingerprint density at radius 1 is 1.33 bits per heavy atom. The number of carboxylic acid groups (broad SMARTS) is 1. The van der Waals surface area contributed by atoms with Crippen molar-refractivity contribution in [2.75, 3.05) is 29.4 Å². The van der Waals surface area contributed by atoms with E-state index in [1.165, 1.54) is 0 Å². The van der Waals surface area contributed by atoms with Gasteiger partial charge >= 0.3 is 12.1 Å². The number of nitrogens with zero attached hydrogens (tertiary/aromatic N) is 4. The molecule has 2 aliphatic heterocycles. The van der Waals surface area contributed by atoms with Gasteiger partial charge in [0.05, 0.1) is 5.56 Å². The van der Waals surface area contributed by atoms with Crippen LogP contribution in [0.2, 0.25) is 0 Å². The highest BCUT2D eigenvalue weighted by Gasteiger charge is 2.57. The molecule has 2 saturated heterocycles. The number of carboxylic acids is 1. The van der Waals surface area contributed by atoms with Gasteiger partial charge in [0.2, 0.25) is 5.95 Å². The van der Waals surface area contributed by atoms with Crippen molar-refractivity contribution in [2.24, 2.45) is 17.8 Å². The maximum atomic E-state index is 13.6. The molecule has 3 aliphatic rings. The molecule has 144 valence electrons. The van der Waals surface area contributed by atoms with E-state index in [4.69, 9.17) is 11.5 Å². The summed E-state index contributed by atoms with van der Waals surface area (Å²) in [6, 6.07) is 0.0857. The molecule has 1 aromatic rings. The van der Waals surface area contributed by atoms with Gasteiger partial charge in [0.15, 0.2) is 11.5 Å². The van der Waals surface area contributed by atoms with Crippen molar-refractivity contribution in [2.45, 2.75) is 32.0 Å². The van der Waals surface area contributed by atoms with Gasteiger partial charge in [-0.1, -0.05) is 5.92 Å². The molecule has 1 N–H and O–H groups in total. The van der Waals surface area contributed by atoms with E-state index >= 15 is 0 Å². The third-order valence-corrected chi connectivity index (χ3v) is 5.95. The van der Waals surface area contributed by atoms with Crippen molar-refractivity contribution < 1.29 is 23.1 Å². The number of terminal acetylenes is 1. The second kappa shape index (κ2) is 6.01. The Morgan fingerprint density at radius 2 is 2.00 bits per heavy atom. The molecule has 3 heterocycles. The van der Waals surface area contributed by atoms with E-state index in [-0.39, 0.29) is 47.5 Å². The number of hydrogen-bond donors (Lipinski definition) is 1. The highest BCUT2D eigenvalue weighted by Crippen LogP contribution is 2.54. The highest BCUT2D eigenvalue weighted by molar-refractivity contribution is 5.68. The van der Waals surface area contributed by atoms with Gasteiger partial charge in [-0.15, -0.1) is 6.42 Å². The van der Waals surface area contributed by atoms with Gasteiger partial charge in [0, 0.05) is 32.1 Å². The minimum absolute atomic E-state index is 0.0535. The van der Waals surface area contributed by atoms with Gasteiger partial charge in [0.25, 0.3) is 0 Å². The monoisotopic (exact) mass is 380 g/mol. The van der Waals surface area contributed by atoms with E-state index in [0.29, 0.717) is 19.6 Å². The van der Waals surface area contributed by atoms with Gasteiger partial charge < -0.3 is 14.9 Å². The molecule has 1 unspecified atom stereocenters. The summed E-state index contributed by atoms with van der Waals surface area (Å²) >= 11 is 0. The number of anilines is 2. The molecule has 1 saturated carbocycles. The van der Waals surface area contributed by atoms with Gasteiger partial charge in [0.1, 0.15) is 0 Å². The van der Waals surface area contributed by atoms with Gasteiger partial charge in [-0.25, -0.2) is 4.98 Å². The number of fused-ring (bicyclic) bond motifs is 1. The van der Waals surface area contributed by atoms with E-state index in [1.54, 1.807) is 9.80 Å². The Morgan fingerprint density at radius 3 is 2.44 bits per heavy atom. The molecule has 4 atom stereocenters. The number of aromatic nitrogens is 2. The van der Waals surface area contributed by atoms with Crippen LogP contribution >= 0.6 is 0 Å². The Labute approximate surface area is 154 Å². The summed E-state index contributed by atoms with van der Waals surface area (Å²) < 4.78 is 40.7. The number of piperidine rings is 1. The molecule has 3 fully saturated rings. The average Bonchev–Trinajstić information content (AvgIpc) is 3.02. The Balaban J connectivity index is 1.67. The molecule has 0 bridgehead atoms. The normalized spacial score (nSPS) is 29.1. The molecule has 0 aromatic carbocycles. The van der Waals surface area contributed by atoms with E-state index < -0.39 is 17.8 Å². The van der Waals surface area contributed by atoms with Crippen molar-refractivity contribution in [1.29, 1.82) is 0 Å². The van der Waals surface area contributed by atoms with Crippen molar-refractivity contribution in [1.82, 2.24) is 9.97 Å². The maximum absolute atomic E-state index is 13.6. The van der Waals surface area contributed by atoms with Crippen LogP contribution in [0.3, 0.4) is 0 Å². The summed E-state index contributed by atoms with van der Waals surface area (Å²) in [7, 11) is 0. The number of halogens is 3. The first-order valence-corrected chi connectivity index (χ1v) is 8.90. The van der Waals surface area contributed by atoms with Crippen LogP contribution in [0.4, 0.5) is 24.9 Å². The molecule has 0 radical (unpaired) electrons. The van der Waals surface area contributed by atoms with Crippen LogP contribution in [0.1, 0.15) is 31.0 Å². The van der Waals surface area contributed by atoms with Gasteiger partial charge in [-0.05, 0) is 31.1 Å². The summed E-state index contributed by atoms with van der Waals surface area (Å²) in [4.78, 5) is 22.5. The molecule has 1 aliphatic carbocycles. The van der Waals surface area contributed by atoms with Crippen LogP contribution in [-0.2, 0) is 11.0 Å². The fourth-order valence-corrected chi connectivity index (χ4v) is 4.27. The molecule has 6 nitrogen and oxygen atoms in total. The Bertz CT molecular complexity index is 823. The quantitative estimate of drug-likeness (QED) is 0.808. The zero-order valence-electron chi connectivity index (χ0n) is 14.7. The summed E-state index contributed by atoms with van der Waals surface area (Å²) in [5.41, 5.74) is -1.41. The van der Waals surface area contributed by atoms with Crippen molar-refractivity contribution >= 4 is 17.7 Å². The summed E-state index contributed by atoms with van der Waals surface area (Å²) in [5.74, 6) is 1.90. The van der Waals surface area contributed by atoms with E-state index in [1.807, 2.05) is 6.92 Å². The van der Waals surface area contributed by atoms with Crippen LogP contribution in [0, 0.1) is 30.1 Å². The van der Waals surface area contributed by atoms with Crippen LogP contribution in [-0.4, -0.2) is 46.7 Å². The largest absolute Gasteiger partial charge is 0.481 e. The second-order valence-electron chi connectivity index (χ2n) is 7.54. The van der Waals surface area contributed by atoms with Gasteiger partial charge in [-0.3, -0.25) is 4.79 Å². The lowest BCUT2D eigenvalue weighted by Crippen LogP contribution is -2.47. The molecule has 1 aromatic heterocycles. The predicted molar refractivity (Wildman–Crippen MR) is 91.3 cm³/mol. The van der Waals surface area contributed by atoms with E-state index in [0.717, 1.165) is 6.42 Å². The number of carbonyl (C=O) groups is 1. The Hall–Kier alpha value is -2.50. The first-order chi connectivity index (χ1) is 12.7. The fourth-order valence-electron chi connectivity index (χ4n) is 4.27. The summed E-state index contributed by atoms with van der Waals surface area (Å²) in [6.45, 7) is 3.47. The van der Waals surface area contributed by atoms with Crippen LogP contribution in [0.5, 0.6) is 0 Å². The average molecular weight is 380 g/mol. The SMILES string of the molecule is C#Cc1c(N2C[C@@H]3C(CC(=O)O)[C@@H]3C2)nc(N2CC[C@@H]2C)nc1C(F)(F)F. The summed E-state index contributed by atoms with van der Waals surface area (Å²) in [6.07, 6.45) is 1.71. The zero-order chi connectivity index (χ0) is 19.5. The molecular weight excluding hydrogens is 361 g/mol. The van der Waals surface area contributed by atoms with Gasteiger partial charge in [-0.2, -0.15) is 18.2 Å². The molecule has 4 rings (SSSR count). The number of alkyl halides is 3. The van der Waals surface area contributed by atoms with Crippen molar-refractivity contribution in [3.8, 4) is 12.3 Å². The Kier molecular flexibility index (Phi) is 3.98. The smallest absolute Gasteiger partial charge is 0.434 e. The highest BCUT2D eigenvalue weighted by atomic mass is 19.4. The number of aliphatic carboxylic acids is 1. The first kappa shape index (κ1) is 17.9. The van der Waals surface area contributed by atoms with Crippen LogP contribution in [0.15, 0.2) is 0 Å². The third-order valence-electron chi connectivity index (χ3n) is 5.95. The molecule has 0 spiro atoms. The fraction of sp³-hybridized carbons (Fsp3) is 0.611. The minimum atomic E-state index is -4.67. The first-order valence-electron chi connectivity index (χ1n) is 8.90. The van der Waals surface area contributed by atoms with E-state index in [9.17, 15) is 18.0 Å². The summed E-state index contributed by atoms with van der Waals surface area (Å²) in [5, 5.41) is 8.93. The predicted octanol–water partition coefficient (Wildman–Crippen LogP) is 2.23. The van der Waals surface area contributed by atoms with Crippen molar-refractivity contribution in [3.05, 3.63) is 11.3 Å². The molecule has 27 heavy (non-hydrogen) atoms. The van der Waals surface area contributed by atoms with Crippen LogP contribution in [0.25, 0.3) is 0 Å². The lowest BCUT2D eigenvalue weighted by Gasteiger charge is -2.39. The zero-order valence-corrected chi connectivity index (χ0v) is 14.7. The maximum Gasteiger partial charge on any atom is 0.434 e. The topological polar surface area (TPSA) is 69.6 Å². The molecule has 9 heteroatoms. The van der Waals surface area contributed by atoms with Crippen molar-refractivity contribution in [3.63, 3.8) is 0 Å². The third kappa shape index (κ3) is 2.97. The molecule has 0 amide bonds. The lowest BCUT2D eigenvalue weighted by molar-refractivity contribution is -0.141.